The van der Waals surface area contributed by atoms with Crippen molar-refractivity contribution >= 4 is 34.5 Å². The maximum Gasteiger partial charge on any atom is 0.231 e. The van der Waals surface area contributed by atoms with Crippen molar-refractivity contribution in [2.75, 3.05) is 18.1 Å². The predicted molar refractivity (Wildman–Crippen MR) is 108 cm³/mol. The quantitative estimate of drug-likeness (QED) is 0.580. The normalized spacial score (nSPS) is 12.6. The van der Waals surface area contributed by atoms with E-state index in [9.17, 15) is 9.18 Å². The molecule has 1 amide bonds. The Kier molecular flexibility index (Phi) is 5.50. The average molecular weight is 418 g/mol. The minimum Gasteiger partial charge on any atom is -0.486 e. The monoisotopic (exact) mass is 417 g/mol. The molecule has 0 atom stereocenters. The topological polar surface area (TPSA) is 38.8 Å². The summed E-state index contributed by atoms with van der Waals surface area (Å²) in [6.45, 7) is 1.33. The highest BCUT2D eigenvalue weighted by atomic mass is 35.5. The van der Waals surface area contributed by atoms with E-state index in [1.807, 2.05) is 23.6 Å². The SMILES string of the molecule is O=C(Cc1c(F)cccc1Cl)N(Cc1cccs1)c1ccc2c(c1)OCCO2. The molecule has 3 aromatic rings. The van der Waals surface area contributed by atoms with Gasteiger partial charge < -0.3 is 14.4 Å². The van der Waals surface area contributed by atoms with Gasteiger partial charge in [-0.1, -0.05) is 23.7 Å². The van der Waals surface area contributed by atoms with Crippen LogP contribution in [0.4, 0.5) is 10.1 Å². The molecule has 0 saturated carbocycles. The van der Waals surface area contributed by atoms with Crippen LogP contribution >= 0.6 is 22.9 Å². The van der Waals surface area contributed by atoms with E-state index in [0.29, 0.717) is 36.9 Å². The number of fused-ring (bicyclic) bond motifs is 1. The number of ether oxygens (including phenoxy) is 2. The van der Waals surface area contributed by atoms with Crippen LogP contribution in [0.5, 0.6) is 11.5 Å². The van der Waals surface area contributed by atoms with Crippen LogP contribution in [0.3, 0.4) is 0 Å². The lowest BCUT2D eigenvalue weighted by molar-refractivity contribution is -0.118. The molecule has 0 saturated heterocycles. The lowest BCUT2D eigenvalue weighted by atomic mass is 10.1. The molecule has 28 heavy (non-hydrogen) atoms. The van der Waals surface area contributed by atoms with Crippen molar-refractivity contribution in [1.29, 1.82) is 0 Å². The van der Waals surface area contributed by atoms with Gasteiger partial charge in [0, 0.05) is 27.2 Å². The molecule has 1 aliphatic heterocycles. The summed E-state index contributed by atoms with van der Waals surface area (Å²) in [6.07, 6.45) is -0.134. The first-order valence-corrected chi connectivity index (χ1v) is 10.0. The Labute approximate surface area is 171 Å². The number of halogens is 2. The number of thiophene rings is 1. The number of benzene rings is 2. The van der Waals surface area contributed by atoms with Crippen LogP contribution in [0.15, 0.2) is 53.9 Å². The molecule has 1 aliphatic rings. The summed E-state index contributed by atoms with van der Waals surface area (Å²) >= 11 is 7.67. The molecule has 1 aromatic heterocycles. The molecule has 4 nitrogen and oxygen atoms in total. The molecule has 7 heteroatoms. The average Bonchev–Trinajstić information content (AvgIpc) is 3.22. The first kappa shape index (κ1) is 18.8. The van der Waals surface area contributed by atoms with Crippen LogP contribution in [0.1, 0.15) is 10.4 Å². The lowest BCUT2D eigenvalue weighted by Crippen LogP contribution is -2.32. The number of amides is 1. The van der Waals surface area contributed by atoms with Crippen molar-refractivity contribution < 1.29 is 18.7 Å². The summed E-state index contributed by atoms with van der Waals surface area (Å²) in [5, 5.41) is 2.20. The summed E-state index contributed by atoms with van der Waals surface area (Å²) in [7, 11) is 0. The van der Waals surface area contributed by atoms with Gasteiger partial charge in [-0.3, -0.25) is 4.79 Å². The number of anilines is 1. The second-order valence-corrected chi connectivity index (χ2v) is 7.70. The molecule has 0 unspecified atom stereocenters. The fourth-order valence-corrected chi connectivity index (χ4v) is 3.95. The smallest absolute Gasteiger partial charge is 0.231 e. The van der Waals surface area contributed by atoms with Gasteiger partial charge in [0.15, 0.2) is 11.5 Å². The van der Waals surface area contributed by atoms with E-state index in [1.54, 1.807) is 34.4 Å². The third-order valence-corrected chi connectivity index (χ3v) is 5.64. The van der Waals surface area contributed by atoms with Crippen LogP contribution in [0, 0.1) is 5.82 Å². The van der Waals surface area contributed by atoms with E-state index < -0.39 is 5.82 Å². The summed E-state index contributed by atoms with van der Waals surface area (Å²) in [5.74, 6) is 0.503. The maximum absolute atomic E-state index is 14.2. The molecule has 4 rings (SSSR count). The molecule has 0 radical (unpaired) electrons. The van der Waals surface area contributed by atoms with Crippen LogP contribution in [-0.2, 0) is 17.8 Å². The minimum absolute atomic E-state index is 0.134. The Morgan fingerprint density at radius 1 is 1.11 bits per heavy atom. The van der Waals surface area contributed by atoms with Gasteiger partial charge in [0.2, 0.25) is 5.91 Å². The number of nitrogens with zero attached hydrogens (tertiary/aromatic N) is 1. The van der Waals surface area contributed by atoms with E-state index in [4.69, 9.17) is 21.1 Å². The van der Waals surface area contributed by atoms with Crippen molar-refractivity contribution in [2.24, 2.45) is 0 Å². The van der Waals surface area contributed by atoms with Crippen molar-refractivity contribution in [3.05, 3.63) is 75.2 Å². The molecule has 144 valence electrons. The second kappa shape index (κ2) is 8.20. The summed E-state index contributed by atoms with van der Waals surface area (Å²) in [6, 6.07) is 13.7. The van der Waals surface area contributed by atoms with Crippen molar-refractivity contribution in [1.82, 2.24) is 0 Å². The number of rotatable bonds is 5. The zero-order valence-electron chi connectivity index (χ0n) is 14.9. The molecule has 0 fully saturated rings. The molecule has 0 spiro atoms. The number of carbonyl (C=O) groups excluding carboxylic acids is 1. The standard InChI is InChI=1S/C21H17ClFNO3S/c22-17-4-1-5-18(23)16(17)12-21(25)24(13-15-3-2-10-28-15)14-6-7-19-20(11-14)27-9-8-26-19/h1-7,10-11H,8-9,12-13H2. The second-order valence-electron chi connectivity index (χ2n) is 6.26. The fraction of sp³-hybridized carbons (Fsp3) is 0.190. The fourth-order valence-electron chi connectivity index (χ4n) is 3.03. The Bertz CT molecular complexity index is 973. The molecular weight excluding hydrogens is 401 g/mol. The van der Waals surface area contributed by atoms with Gasteiger partial charge in [-0.25, -0.2) is 4.39 Å². The number of hydrogen-bond donors (Lipinski definition) is 0. The van der Waals surface area contributed by atoms with Crippen molar-refractivity contribution in [3.8, 4) is 11.5 Å². The van der Waals surface area contributed by atoms with Crippen LogP contribution in [0.2, 0.25) is 5.02 Å². The highest BCUT2D eigenvalue weighted by Gasteiger charge is 2.22. The van der Waals surface area contributed by atoms with Gasteiger partial charge in [0.05, 0.1) is 13.0 Å². The Morgan fingerprint density at radius 2 is 1.93 bits per heavy atom. The molecule has 0 bridgehead atoms. The van der Waals surface area contributed by atoms with Gasteiger partial charge in [-0.15, -0.1) is 11.3 Å². The first-order chi connectivity index (χ1) is 13.6. The molecule has 0 N–H and O–H groups in total. The molecular formula is C21H17ClFNO3S. The third-order valence-electron chi connectivity index (χ3n) is 4.42. The predicted octanol–water partition coefficient (Wildman–Crippen LogP) is 5.09. The van der Waals surface area contributed by atoms with E-state index in [2.05, 4.69) is 0 Å². The first-order valence-electron chi connectivity index (χ1n) is 8.77. The Balaban J connectivity index is 1.66. The summed E-state index contributed by atoms with van der Waals surface area (Å²) in [4.78, 5) is 15.8. The van der Waals surface area contributed by atoms with Gasteiger partial charge in [-0.2, -0.15) is 0 Å². The van der Waals surface area contributed by atoms with Crippen LogP contribution in [-0.4, -0.2) is 19.1 Å². The van der Waals surface area contributed by atoms with E-state index >= 15 is 0 Å². The largest absolute Gasteiger partial charge is 0.486 e. The van der Waals surface area contributed by atoms with Crippen molar-refractivity contribution in [2.45, 2.75) is 13.0 Å². The van der Waals surface area contributed by atoms with Gasteiger partial charge in [0.25, 0.3) is 0 Å². The van der Waals surface area contributed by atoms with Gasteiger partial charge in [-0.05, 0) is 35.7 Å². The van der Waals surface area contributed by atoms with E-state index in [-0.39, 0.29) is 22.9 Å². The maximum atomic E-state index is 14.2. The van der Waals surface area contributed by atoms with Gasteiger partial charge >= 0.3 is 0 Å². The highest BCUT2D eigenvalue weighted by Crippen LogP contribution is 2.35. The van der Waals surface area contributed by atoms with Crippen LogP contribution < -0.4 is 14.4 Å². The zero-order chi connectivity index (χ0) is 19.5. The lowest BCUT2D eigenvalue weighted by Gasteiger charge is -2.25. The highest BCUT2D eigenvalue weighted by molar-refractivity contribution is 7.09. The van der Waals surface area contributed by atoms with Crippen molar-refractivity contribution in [3.63, 3.8) is 0 Å². The molecule has 2 aromatic carbocycles. The van der Waals surface area contributed by atoms with E-state index in [0.717, 1.165) is 4.88 Å². The van der Waals surface area contributed by atoms with Gasteiger partial charge in [0.1, 0.15) is 19.0 Å². The third kappa shape index (κ3) is 3.98. The minimum atomic E-state index is -0.487. The Hall–Kier alpha value is -2.57. The summed E-state index contributed by atoms with van der Waals surface area (Å²) < 4.78 is 25.4. The molecule has 2 heterocycles. The number of hydrogen-bond acceptors (Lipinski definition) is 4. The van der Waals surface area contributed by atoms with E-state index in [1.165, 1.54) is 12.1 Å². The number of carbonyl (C=O) groups is 1. The van der Waals surface area contributed by atoms with Crippen LogP contribution in [0.25, 0.3) is 0 Å². The molecule has 0 aliphatic carbocycles. The summed E-state index contributed by atoms with van der Waals surface area (Å²) in [5.41, 5.74) is 0.859. The Morgan fingerprint density at radius 3 is 2.68 bits per heavy atom. The zero-order valence-corrected chi connectivity index (χ0v) is 16.4.